The minimum atomic E-state index is -3.51. The monoisotopic (exact) mass is 508 g/mol. The number of hydrogen-bond acceptors (Lipinski definition) is 6. The quantitative estimate of drug-likeness (QED) is 0.322. The van der Waals surface area contributed by atoms with Crippen molar-refractivity contribution >= 4 is 48.3 Å². The molecule has 0 spiro atoms. The molecule has 2 aromatic heterocycles. The number of nitrogens with zero attached hydrogens (tertiary/aromatic N) is 2. The van der Waals surface area contributed by atoms with E-state index in [0.29, 0.717) is 39.9 Å². The summed E-state index contributed by atoms with van der Waals surface area (Å²) in [5, 5.41) is 1.65. The largest absolute Gasteiger partial charge is 0.458 e. The van der Waals surface area contributed by atoms with Crippen LogP contribution in [0.1, 0.15) is 42.5 Å². The zero-order valence-corrected chi connectivity index (χ0v) is 20.2. The SMILES string of the molecule is CCc1c2c(nc3cc(Cl)c(Cl)cc13)-c1cc3c(c(=O)n1C2)COC(=O)[C@@]3(CC)O[PH](=O)O. The lowest BCUT2D eigenvalue weighted by molar-refractivity contribution is -0.169. The zero-order valence-electron chi connectivity index (χ0n) is 17.7. The highest BCUT2D eigenvalue weighted by Gasteiger charge is 2.49. The van der Waals surface area contributed by atoms with Gasteiger partial charge < -0.3 is 14.2 Å². The van der Waals surface area contributed by atoms with Gasteiger partial charge in [-0.05, 0) is 36.6 Å². The molecule has 0 saturated heterocycles. The van der Waals surface area contributed by atoms with E-state index in [1.54, 1.807) is 29.7 Å². The summed E-state index contributed by atoms with van der Waals surface area (Å²) in [6.07, 6.45) is 0.697. The first-order valence-electron chi connectivity index (χ1n) is 10.4. The van der Waals surface area contributed by atoms with E-state index in [4.69, 9.17) is 37.4 Å². The average Bonchev–Trinajstić information content (AvgIpc) is 3.13. The standard InChI is InChI=1S/C22H19Cl2N2O6P/c1-3-10-11-5-15(23)16(24)7-17(11)25-19-12(10)8-26-18(19)6-14-13(20(26)27)9-31-21(28)22(14,4-2)32-33(29)30/h5-7,33H,3-4,8-9H2,1-2H3,(H,29,30)/t22-/m0/s1. The maximum atomic E-state index is 13.5. The summed E-state index contributed by atoms with van der Waals surface area (Å²) >= 11 is 12.5. The molecule has 2 aliphatic rings. The normalized spacial score (nSPS) is 19.7. The number of aromatic nitrogens is 2. The lowest BCUT2D eigenvalue weighted by atomic mass is 9.86. The number of cyclic esters (lactones) is 1. The summed E-state index contributed by atoms with van der Waals surface area (Å²) in [5.41, 5.74) is 1.90. The van der Waals surface area contributed by atoms with E-state index < -0.39 is 19.8 Å². The van der Waals surface area contributed by atoms with Crippen LogP contribution in [-0.4, -0.2) is 20.4 Å². The highest BCUT2D eigenvalue weighted by atomic mass is 35.5. The molecule has 2 atom stereocenters. The fourth-order valence-electron chi connectivity index (χ4n) is 4.87. The summed E-state index contributed by atoms with van der Waals surface area (Å²) in [4.78, 5) is 40.5. The van der Waals surface area contributed by atoms with Crippen LogP contribution in [0.2, 0.25) is 10.0 Å². The Morgan fingerprint density at radius 1 is 1.21 bits per heavy atom. The molecule has 11 heteroatoms. The fourth-order valence-corrected chi connectivity index (χ4v) is 5.82. The van der Waals surface area contributed by atoms with Gasteiger partial charge in [-0.3, -0.25) is 13.9 Å². The number of rotatable bonds is 4. The zero-order chi connectivity index (χ0) is 23.7. The molecule has 5 rings (SSSR count). The molecule has 33 heavy (non-hydrogen) atoms. The highest BCUT2D eigenvalue weighted by molar-refractivity contribution is 7.32. The first kappa shape index (κ1) is 22.6. The third kappa shape index (κ3) is 3.20. The van der Waals surface area contributed by atoms with Crippen LogP contribution in [0.3, 0.4) is 0 Å². The van der Waals surface area contributed by atoms with Gasteiger partial charge >= 0.3 is 14.2 Å². The molecule has 8 nitrogen and oxygen atoms in total. The lowest BCUT2D eigenvalue weighted by Gasteiger charge is -2.34. The Hall–Kier alpha value is -2.22. The number of pyridine rings is 2. The molecular weight excluding hydrogens is 490 g/mol. The van der Waals surface area contributed by atoms with Gasteiger partial charge in [0.1, 0.15) is 6.61 Å². The minimum Gasteiger partial charge on any atom is -0.458 e. The number of esters is 1. The Bertz CT molecular complexity index is 1450. The number of aryl methyl sites for hydroxylation is 1. The van der Waals surface area contributed by atoms with Crippen LogP contribution >= 0.6 is 31.5 Å². The van der Waals surface area contributed by atoms with Crippen molar-refractivity contribution < 1.29 is 23.5 Å². The second-order valence-corrected chi connectivity index (χ2v) is 9.54. The molecule has 0 radical (unpaired) electrons. The first-order valence-corrected chi connectivity index (χ1v) is 12.4. The van der Waals surface area contributed by atoms with Crippen molar-refractivity contribution in [1.29, 1.82) is 0 Å². The molecular formula is C22H19Cl2N2O6P. The number of carbonyl (C=O) groups excluding carboxylic acids is 1. The van der Waals surface area contributed by atoms with E-state index in [9.17, 15) is 19.0 Å². The van der Waals surface area contributed by atoms with Crippen LogP contribution in [-0.2, 0) is 43.8 Å². The molecule has 0 saturated carbocycles. The predicted molar refractivity (Wildman–Crippen MR) is 124 cm³/mol. The number of hydrogen-bond donors (Lipinski definition) is 1. The van der Waals surface area contributed by atoms with Gasteiger partial charge in [-0.25, -0.2) is 9.78 Å². The second kappa shape index (κ2) is 7.93. The smallest absolute Gasteiger partial charge is 0.344 e. The van der Waals surface area contributed by atoms with E-state index in [1.807, 2.05) is 6.92 Å². The first-order chi connectivity index (χ1) is 15.7. The Morgan fingerprint density at radius 2 is 1.94 bits per heavy atom. The van der Waals surface area contributed by atoms with Crippen LogP contribution in [0.4, 0.5) is 0 Å². The fraction of sp³-hybridized carbons (Fsp3) is 0.318. The molecule has 0 aliphatic carbocycles. The summed E-state index contributed by atoms with van der Waals surface area (Å²) in [6, 6.07) is 5.13. The Morgan fingerprint density at radius 3 is 2.61 bits per heavy atom. The van der Waals surface area contributed by atoms with Gasteiger partial charge in [0, 0.05) is 16.5 Å². The van der Waals surface area contributed by atoms with Crippen LogP contribution in [0.15, 0.2) is 23.0 Å². The summed E-state index contributed by atoms with van der Waals surface area (Å²) < 4.78 is 23.7. The van der Waals surface area contributed by atoms with E-state index in [0.717, 1.165) is 16.5 Å². The van der Waals surface area contributed by atoms with Crippen LogP contribution in [0.25, 0.3) is 22.3 Å². The van der Waals surface area contributed by atoms with Gasteiger partial charge in [0.2, 0.25) is 0 Å². The molecule has 4 heterocycles. The Balaban J connectivity index is 1.83. The molecule has 172 valence electrons. The van der Waals surface area contributed by atoms with Gasteiger partial charge in [-0.15, -0.1) is 0 Å². The predicted octanol–water partition coefficient (Wildman–Crippen LogP) is 4.36. The Kier molecular flexibility index (Phi) is 5.42. The highest BCUT2D eigenvalue weighted by Crippen LogP contribution is 2.45. The van der Waals surface area contributed by atoms with E-state index in [-0.39, 0.29) is 29.7 Å². The van der Waals surface area contributed by atoms with Crippen molar-refractivity contribution in [3.63, 3.8) is 0 Å². The number of carbonyl (C=O) groups is 1. The summed E-state index contributed by atoms with van der Waals surface area (Å²) in [7, 11) is -3.51. The van der Waals surface area contributed by atoms with Crippen molar-refractivity contribution in [3.05, 3.63) is 60.9 Å². The van der Waals surface area contributed by atoms with Crippen LogP contribution in [0.5, 0.6) is 0 Å². The number of halogens is 2. The van der Waals surface area contributed by atoms with Gasteiger partial charge in [0.25, 0.3) is 5.56 Å². The molecule has 1 aromatic carbocycles. The van der Waals surface area contributed by atoms with Crippen molar-refractivity contribution in [2.75, 3.05) is 0 Å². The van der Waals surface area contributed by atoms with Crippen molar-refractivity contribution in [3.8, 4) is 11.4 Å². The van der Waals surface area contributed by atoms with E-state index >= 15 is 0 Å². The average molecular weight is 509 g/mol. The van der Waals surface area contributed by atoms with Crippen molar-refractivity contribution in [2.45, 2.75) is 45.4 Å². The lowest BCUT2D eigenvalue weighted by Crippen LogP contribution is -2.45. The third-order valence-electron chi connectivity index (χ3n) is 6.43. The molecule has 0 fully saturated rings. The molecule has 2 aliphatic heterocycles. The Labute approximate surface area is 199 Å². The number of ether oxygens (including phenoxy) is 1. The number of benzene rings is 1. The van der Waals surface area contributed by atoms with Gasteiger partial charge in [-0.2, -0.15) is 0 Å². The minimum absolute atomic E-state index is 0.0189. The third-order valence-corrected chi connectivity index (χ3v) is 7.68. The molecule has 3 aromatic rings. The topological polar surface area (TPSA) is 108 Å². The molecule has 0 amide bonds. The second-order valence-electron chi connectivity index (χ2n) is 7.99. The summed E-state index contributed by atoms with van der Waals surface area (Å²) in [5.74, 6) is -0.797. The molecule has 0 bridgehead atoms. The summed E-state index contributed by atoms with van der Waals surface area (Å²) in [6.45, 7) is 3.71. The molecule has 1 unspecified atom stereocenters. The van der Waals surface area contributed by atoms with E-state index in [2.05, 4.69) is 0 Å². The maximum Gasteiger partial charge on any atom is 0.344 e. The number of fused-ring (bicyclic) bond motifs is 5. The van der Waals surface area contributed by atoms with Gasteiger partial charge in [0.15, 0.2) is 5.60 Å². The van der Waals surface area contributed by atoms with Crippen LogP contribution < -0.4 is 5.56 Å². The van der Waals surface area contributed by atoms with Gasteiger partial charge in [-0.1, -0.05) is 37.0 Å². The van der Waals surface area contributed by atoms with Gasteiger partial charge in [0.05, 0.1) is 39.1 Å². The van der Waals surface area contributed by atoms with Crippen molar-refractivity contribution in [2.24, 2.45) is 0 Å². The molecule has 1 N–H and O–H groups in total. The maximum absolute atomic E-state index is 13.5. The van der Waals surface area contributed by atoms with Crippen molar-refractivity contribution in [1.82, 2.24) is 9.55 Å². The van der Waals surface area contributed by atoms with E-state index in [1.165, 1.54) is 0 Å². The van der Waals surface area contributed by atoms with Crippen LogP contribution in [0, 0.1) is 0 Å².